The largest absolute Gasteiger partial charge is 0.396 e. The predicted octanol–water partition coefficient (Wildman–Crippen LogP) is 5.03. The topological polar surface area (TPSA) is 137 Å². The average molecular weight is 727 g/mol. The first-order chi connectivity index (χ1) is 23.5. The second kappa shape index (κ2) is 17.2. The van der Waals surface area contributed by atoms with Crippen molar-refractivity contribution in [3.05, 3.63) is 59.0 Å². The van der Waals surface area contributed by atoms with Crippen LogP contribution in [0, 0.1) is 30.1 Å². The molecular weight excluding hydrogens is 681 g/mol. The molecule has 2 fully saturated rings. The third-order valence-corrected chi connectivity index (χ3v) is 13.2. The number of ether oxygens (including phenoxy) is 3. The zero-order valence-corrected chi connectivity index (χ0v) is 31.0. The number of hydroxylamine groups is 1. The van der Waals surface area contributed by atoms with E-state index in [1.54, 1.807) is 45.6 Å². The third kappa shape index (κ3) is 9.09. The van der Waals surface area contributed by atoms with Gasteiger partial charge in [-0.3, -0.25) is 9.63 Å². The van der Waals surface area contributed by atoms with Gasteiger partial charge in [-0.15, -0.1) is 6.42 Å². The minimum Gasteiger partial charge on any atom is -0.396 e. The Hall–Kier alpha value is -2.43. The van der Waals surface area contributed by atoms with Crippen LogP contribution in [-0.2, 0) is 28.7 Å². The number of thioether (sulfide) groups is 1. The molecule has 1 aromatic heterocycles. The standard InChI is InChI=1S/C36H46N4O6S3/c1-7-8-9-10-13-28(45-31-20-27(42)34(23(4)44-31)40-46-30-15-14-29(47-6)22(3)43-30)32-24(21(2)19-26(41)33(32)37)16-18-48-49-36(5)25-12-11-17-38-35(25)39-36/h1,8-9,11-12,16-17,21-23,27-31,34,40,42H,14-15,18-20,37H2,2-6H3,(H,38,39)/b9-8-,24-16-/t21?,22?,23?,27?,28-,29-,30?,31?,34+,36?/m0/s1. The number of carbonyl (C=O) groups excluding carboxylic acids is 1. The van der Waals surface area contributed by atoms with E-state index in [1.807, 2.05) is 26.8 Å². The lowest BCUT2D eigenvalue weighted by Gasteiger charge is -2.41. The molecule has 13 heteroatoms. The number of nitrogens with two attached hydrogens (primary N) is 1. The number of rotatable bonds is 11. The number of allylic oxidation sites excluding steroid dienone is 3. The molecule has 1 aromatic rings. The summed E-state index contributed by atoms with van der Waals surface area (Å²) in [5, 5.41) is 15.1. The van der Waals surface area contributed by atoms with Crippen LogP contribution < -0.4 is 16.5 Å². The third-order valence-electron chi connectivity index (χ3n) is 9.16. The lowest BCUT2D eigenvalue weighted by molar-refractivity contribution is -0.266. The number of ketones is 1. The minimum atomic E-state index is -0.909. The van der Waals surface area contributed by atoms with Crippen LogP contribution in [-0.4, -0.2) is 76.2 Å². The number of nitrogens with zero attached hydrogens (tertiary/aromatic N) is 1. The van der Waals surface area contributed by atoms with Gasteiger partial charge in [0.15, 0.2) is 18.4 Å². The molecule has 0 amide bonds. The average Bonchev–Trinajstić information content (AvgIpc) is 3.06. The van der Waals surface area contributed by atoms with Gasteiger partial charge in [-0.25, -0.2) is 4.98 Å². The molecule has 10 atom stereocenters. The van der Waals surface area contributed by atoms with Gasteiger partial charge < -0.3 is 30.4 Å². The highest BCUT2D eigenvalue weighted by Crippen LogP contribution is 2.52. The number of aromatic nitrogens is 1. The van der Waals surface area contributed by atoms with Crippen LogP contribution in [0.3, 0.4) is 0 Å². The van der Waals surface area contributed by atoms with Gasteiger partial charge in [0.25, 0.3) is 0 Å². The van der Waals surface area contributed by atoms with Crippen molar-refractivity contribution < 1.29 is 28.9 Å². The fraction of sp³-hybridized carbons (Fsp3) is 0.556. The molecule has 5 N–H and O–H groups in total. The Morgan fingerprint density at radius 3 is 2.78 bits per heavy atom. The van der Waals surface area contributed by atoms with Crippen LogP contribution in [0.5, 0.6) is 0 Å². The molecule has 4 heterocycles. The van der Waals surface area contributed by atoms with E-state index in [9.17, 15) is 9.90 Å². The van der Waals surface area contributed by atoms with E-state index in [0.717, 1.165) is 24.2 Å². The number of fused-ring (bicyclic) bond motifs is 1. The number of hydrogen-bond acceptors (Lipinski definition) is 13. The molecule has 2 saturated heterocycles. The number of terminal acetylenes is 1. The van der Waals surface area contributed by atoms with E-state index in [4.69, 9.17) is 31.2 Å². The summed E-state index contributed by atoms with van der Waals surface area (Å²) in [5.74, 6) is 9.77. The molecule has 0 spiro atoms. The summed E-state index contributed by atoms with van der Waals surface area (Å²) >= 11 is 1.80. The van der Waals surface area contributed by atoms with E-state index >= 15 is 0 Å². The van der Waals surface area contributed by atoms with Gasteiger partial charge in [-0.05, 0) is 63.2 Å². The molecule has 0 bridgehead atoms. The number of carbonyl (C=O) groups is 1. The lowest BCUT2D eigenvalue weighted by Crippen LogP contribution is -2.56. The van der Waals surface area contributed by atoms with Gasteiger partial charge in [0.1, 0.15) is 16.8 Å². The van der Waals surface area contributed by atoms with E-state index in [2.05, 4.69) is 58.9 Å². The maximum Gasteiger partial charge on any atom is 0.179 e. The van der Waals surface area contributed by atoms with Crippen molar-refractivity contribution in [1.29, 1.82) is 0 Å². The molecule has 0 aromatic carbocycles. The van der Waals surface area contributed by atoms with Crippen LogP contribution in [0.4, 0.5) is 5.82 Å². The smallest absolute Gasteiger partial charge is 0.179 e. The van der Waals surface area contributed by atoms with E-state index in [1.165, 1.54) is 11.6 Å². The first-order valence-electron chi connectivity index (χ1n) is 16.5. The number of aliphatic hydroxyl groups is 1. The van der Waals surface area contributed by atoms with Crippen LogP contribution in [0.25, 0.3) is 0 Å². The highest BCUT2D eigenvalue weighted by atomic mass is 33.1. The highest BCUT2D eigenvalue weighted by Gasteiger charge is 2.41. The van der Waals surface area contributed by atoms with Crippen LogP contribution in [0.15, 0.2) is 53.4 Å². The van der Waals surface area contributed by atoms with Crippen molar-refractivity contribution in [2.45, 2.75) is 107 Å². The van der Waals surface area contributed by atoms with Crippen molar-refractivity contribution in [3.63, 3.8) is 0 Å². The summed E-state index contributed by atoms with van der Waals surface area (Å²) in [4.78, 5) is 23.1. The van der Waals surface area contributed by atoms with Crippen LogP contribution in [0.1, 0.15) is 58.9 Å². The number of pyridine rings is 1. The summed E-state index contributed by atoms with van der Waals surface area (Å²) < 4.78 is 18.7. The Labute approximate surface area is 301 Å². The number of Topliss-reactive ketones (excluding diaryl/α,β-unsaturated/α-hetero) is 1. The number of hydrogen-bond donors (Lipinski definition) is 4. The predicted molar refractivity (Wildman–Crippen MR) is 198 cm³/mol. The first-order valence-corrected chi connectivity index (χ1v) is 20.1. The van der Waals surface area contributed by atoms with Gasteiger partial charge in [-0.2, -0.15) is 17.2 Å². The van der Waals surface area contributed by atoms with Gasteiger partial charge in [0.2, 0.25) is 0 Å². The Morgan fingerprint density at radius 2 is 2.06 bits per heavy atom. The van der Waals surface area contributed by atoms with E-state index < -0.39 is 36.9 Å². The fourth-order valence-corrected chi connectivity index (χ4v) is 9.73. The van der Waals surface area contributed by atoms with E-state index in [-0.39, 0.29) is 34.8 Å². The number of anilines is 1. The summed E-state index contributed by atoms with van der Waals surface area (Å²) in [6, 6.07) is 3.51. The molecule has 3 aliphatic heterocycles. The second-order valence-corrected chi connectivity index (χ2v) is 16.5. The highest BCUT2D eigenvalue weighted by molar-refractivity contribution is 8.77. The van der Waals surface area contributed by atoms with Gasteiger partial charge >= 0.3 is 0 Å². The summed E-state index contributed by atoms with van der Waals surface area (Å²) in [6.07, 6.45) is 13.1. The fourth-order valence-electron chi connectivity index (χ4n) is 6.45. The Kier molecular flexibility index (Phi) is 13.3. The van der Waals surface area contributed by atoms with Crippen molar-refractivity contribution >= 4 is 45.0 Å². The van der Waals surface area contributed by atoms with Crippen molar-refractivity contribution in [2.75, 3.05) is 17.3 Å². The van der Waals surface area contributed by atoms with Gasteiger partial charge in [0, 0.05) is 47.6 Å². The maximum atomic E-state index is 13.1. The van der Waals surface area contributed by atoms with Crippen LogP contribution in [0.2, 0.25) is 0 Å². The molecule has 0 saturated carbocycles. The summed E-state index contributed by atoms with van der Waals surface area (Å²) in [6.45, 7) is 8.03. The Morgan fingerprint density at radius 1 is 1.27 bits per heavy atom. The van der Waals surface area contributed by atoms with Crippen molar-refractivity contribution in [3.8, 4) is 24.2 Å². The maximum absolute atomic E-state index is 13.1. The minimum absolute atomic E-state index is 0.0670. The number of aliphatic hydroxyl groups excluding tert-OH is 1. The SMILES string of the molecule is C#C/C=C\C#C[C@H](OC1CC(O)[C@H](NOC2CC[C@H](SC)C(C)O2)C(C)O1)C1=C(N)C(=O)CC(C)/C1=C/CSSC1(C)Nc2ncccc21. The molecule has 7 unspecified atom stereocenters. The molecule has 5 rings (SSSR count). The quantitative estimate of drug-likeness (QED) is 0.105. The normalized spacial score (nSPS) is 34.4. The van der Waals surface area contributed by atoms with Gasteiger partial charge in [0.05, 0.1) is 30.1 Å². The Balaban J connectivity index is 1.27. The molecule has 49 heavy (non-hydrogen) atoms. The van der Waals surface area contributed by atoms with Crippen molar-refractivity contribution in [2.24, 2.45) is 11.7 Å². The molecule has 264 valence electrons. The second-order valence-electron chi connectivity index (χ2n) is 12.7. The van der Waals surface area contributed by atoms with Gasteiger partial charge in [-0.1, -0.05) is 58.4 Å². The number of nitrogens with one attached hydrogen (secondary N) is 2. The molecule has 4 aliphatic rings. The summed E-state index contributed by atoms with van der Waals surface area (Å²) in [7, 11) is 3.41. The first kappa shape index (κ1) is 37.8. The summed E-state index contributed by atoms with van der Waals surface area (Å²) in [5.41, 5.74) is 12.2. The zero-order chi connectivity index (χ0) is 35.1. The molecule has 1 aliphatic carbocycles. The monoisotopic (exact) mass is 726 g/mol. The zero-order valence-electron chi connectivity index (χ0n) is 28.5. The van der Waals surface area contributed by atoms with Crippen molar-refractivity contribution in [1.82, 2.24) is 10.5 Å². The molecule has 10 nitrogen and oxygen atoms in total. The molecule has 0 radical (unpaired) electrons. The Bertz CT molecular complexity index is 1540. The van der Waals surface area contributed by atoms with E-state index in [0.29, 0.717) is 23.0 Å². The lowest BCUT2D eigenvalue weighted by atomic mass is 9.80. The molecular formula is C36H46N4O6S3. The van der Waals surface area contributed by atoms with Crippen LogP contribution >= 0.6 is 33.3 Å².